The van der Waals surface area contributed by atoms with Crippen LogP contribution in [0.1, 0.15) is 15.9 Å². The lowest BCUT2D eigenvalue weighted by molar-refractivity contribution is 0.102. The quantitative estimate of drug-likeness (QED) is 0.486. The number of ether oxygens (including phenoxy) is 1. The Bertz CT molecular complexity index is 1140. The summed E-state index contributed by atoms with van der Waals surface area (Å²) in [6, 6.07) is 23.1. The Labute approximate surface area is 169 Å². The fourth-order valence-electron chi connectivity index (χ4n) is 3.25. The SMILES string of the molecule is COc1cc(NC(=O)c2ccccc2NCc2ccncc2)cc2ccccc12. The summed E-state index contributed by atoms with van der Waals surface area (Å²) >= 11 is 0. The van der Waals surface area contributed by atoms with Crippen LogP contribution >= 0.6 is 0 Å². The van der Waals surface area contributed by atoms with Gasteiger partial charge < -0.3 is 15.4 Å². The number of hydrogen-bond donors (Lipinski definition) is 2. The van der Waals surface area contributed by atoms with E-state index in [-0.39, 0.29) is 5.91 Å². The average molecular weight is 383 g/mol. The largest absolute Gasteiger partial charge is 0.496 e. The predicted octanol–water partition coefficient (Wildman–Crippen LogP) is 5.11. The molecule has 0 spiro atoms. The highest BCUT2D eigenvalue weighted by Gasteiger charge is 2.13. The van der Waals surface area contributed by atoms with Gasteiger partial charge in [0.1, 0.15) is 5.75 Å². The number of anilines is 2. The van der Waals surface area contributed by atoms with Gasteiger partial charge in [0, 0.05) is 41.8 Å². The number of carbonyl (C=O) groups excluding carboxylic acids is 1. The highest BCUT2D eigenvalue weighted by Crippen LogP contribution is 2.30. The number of carbonyl (C=O) groups is 1. The zero-order valence-electron chi connectivity index (χ0n) is 16.1. The minimum atomic E-state index is -0.180. The van der Waals surface area contributed by atoms with Gasteiger partial charge in [-0.25, -0.2) is 0 Å². The summed E-state index contributed by atoms with van der Waals surface area (Å²) in [6.07, 6.45) is 3.51. The lowest BCUT2D eigenvalue weighted by Gasteiger charge is -2.14. The molecule has 0 bridgehead atoms. The maximum absolute atomic E-state index is 13.0. The van der Waals surface area contributed by atoms with Crippen LogP contribution in [-0.4, -0.2) is 18.0 Å². The van der Waals surface area contributed by atoms with Crippen LogP contribution in [0.3, 0.4) is 0 Å². The van der Waals surface area contributed by atoms with Crippen molar-refractivity contribution in [3.63, 3.8) is 0 Å². The number of aromatic nitrogens is 1. The van der Waals surface area contributed by atoms with Gasteiger partial charge in [0.25, 0.3) is 5.91 Å². The minimum Gasteiger partial charge on any atom is -0.496 e. The van der Waals surface area contributed by atoms with Crippen LogP contribution in [0, 0.1) is 0 Å². The number of methoxy groups -OCH3 is 1. The van der Waals surface area contributed by atoms with Crippen molar-refractivity contribution in [1.82, 2.24) is 4.98 Å². The van der Waals surface area contributed by atoms with E-state index >= 15 is 0 Å². The molecule has 0 fully saturated rings. The van der Waals surface area contributed by atoms with Gasteiger partial charge in [-0.05, 0) is 41.3 Å². The van der Waals surface area contributed by atoms with Crippen molar-refractivity contribution in [2.75, 3.05) is 17.7 Å². The van der Waals surface area contributed by atoms with Crippen LogP contribution in [0.15, 0.2) is 85.2 Å². The second-order valence-corrected chi connectivity index (χ2v) is 6.61. The van der Waals surface area contributed by atoms with Crippen LogP contribution in [-0.2, 0) is 6.54 Å². The summed E-state index contributed by atoms with van der Waals surface area (Å²) in [4.78, 5) is 17.0. The lowest BCUT2D eigenvalue weighted by atomic mass is 10.1. The van der Waals surface area contributed by atoms with Crippen LogP contribution in [0.4, 0.5) is 11.4 Å². The standard InChI is InChI=1S/C24H21N3O2/c1-29-23-15-19(14-18-6-2-3-7-20(18)23)27-24(28)21-8-4-5-9-22(21)26-16-17-10-12-25-13-11-17/h2-15,26H,16H2,1H3,(H,27,28). The minimum absolute atomic E-state index is 0.180. The molecule has 0 radical (unpaired) electrons. The number of pyridine rings is 1. The zero-order chi connectivity index (χ0) is 20.1. The smallest absolute Gasteiger partial charge is 0.257 e. The predicted molar refractivity (Wildman–Crippen MR) is 116 cm³/mol. The molecule has 1 aromatic heterocycles. The fourth-order valence-corrected chi connectivity index (χ4v) is 3.25. The number of fused-ring (bicyclic) bond motifs is 1. The molecule has 2 N–H and O–H groups in total. The van der Waals surface area contributed by atoms with Gasteiger partial charge in [0.15, 0.2) is 0 Å². The van der Waals surface area contributed by atoms with Gasteiger partial charge in [-0.3, -0.25) is 9.78 Å². The zero-order valence-corrected chi connectivity index (χ0v) is 16.1. The summed E-state index contributed by atoms with van der Waals surface area (Å²) in [6.45, 7) is 0.608. The fraction of sp³-hybridized carbons (Fsp3) is 0.0833. The van der Waals surface area contributed by atoms with E-state index in [1.165, 1.54) is 0 Å². The number of benzene rings is 3. The number of rotatable bonds is 6. The van der Waals surface area contributed by atoms with Crippen LogP contribution in [0.5, 0.6) is 5.75 Å². The Balaban J connectivity index is 1.57. The van der Waals surface area contributed by atoms with E-state index in [2.05, 4.69) is 15.6 Å². The van der Waals surface area contributed by atoms with Gasteiger partial charge >= 0.3 is 0 Å². The van der Waals surface area contributed by atoms with E-state index in [0.29, 0.717) is 17.8 Å². The Kier molecular flexibility index (Phi) is 5.38. The summed E-state index contributed by atoms with van der Waals surface area (Å²) in [5.41, 5.74) is 3.13. The van der Waals surface area contributed by atoms with Crippen LogP contribution < -0.4 is 15.4 Å². The first-order valence-electron chi connectivity index (χ1n) is 9.34. The number of nitrogens with zero attached hydrogens (tertiary/aromatic N) is 1. The van der Waals surface area contributed by atoms with Gasteiger partial charge in [0.05, 0.1) is 12.7 Å². The first-order valence-corrected chi connectivity index (χ1v) is 9.34. The van der Waals surface area contributed by atoms with Gasteiger partial charge in [-0.2, -0.15) is 0 Å². The number of amides is 1. The van der Waals surface area contributed by atoms with Gasteiger partial charge in [0.2, 0.25) is 0 Å². The van der Waals surface area contributed by atoms with Crippen molar-refractivity contribution in [3.05, 3.63) is 96.3 Å². The molecule has 4 rings (SSSR count). The third-order valence-electron chi connectivity index (χ3n) is 4.71. The molecule has 29 heavy (non-hydrogen) atoms. The molecule has 0 saturated heterocycles. The van der Waals surface area contributed by atoms with Crippen molar-refractivity contribution < 1.29 is 9.53 Å². The number of hydrogen-bond acceptors (Lipinski definition) is 4. The molecule has 144 valence electrons. The lowest BCUT2D eigenvalue weighted by Crippen LogP contribution is -2.15. The molecule has 4 aromatic rings. The highest BCUT2D eigenvalue weighted by atomic mass is 16.5. The van der Waals surface area contributed by atoms with E-state index in [9.17, 15) is 4.79 Å². The van der Waals surface area contributed by atoms with E-state index in [1.807, 2.05) is 72.8 Å². The molecule has 0 aliphatic rings. The van der Waals surface area contributed by atoms with Crippen molar-refractivity contribution in [2.24, 2.45) is 0 Å². The number of nitrogens with one attached hydrogen (secondary N) is 2. The maximum Gasteiger partial charge on any atom is 0.257 e. The monoisotopic (exact) mass is 383 g/mol. The molecular formula is C24H21N3O2. The topological polar surface area (TPSA) is 63.2 Å². The van der Waals surface area contributed by atoms with E-state index < -0.39 is 0 Å². The van der Waals surface area contributed by atoms with Crippen molar-refractivity contribution in [1.29, 1.82) is 0 Å². The Morgan fingerprint density at radius 1 is 0.966 bits per heavy atom. The Morgan fingerprint density at radius 2 is 1.72 bits per heavy atom. The summed E-state index contributed by atoms with van der Waals surface area (Å²) < 4.78 is 5.50. The van der Waals surface area contributed by atoms with Crippen molar-refractivity contribution >= 4 is 28.1 Å². The Morgan fingerprint density at radius 3 is 2.55 bits per heavy atom. The molecule has 1 amide bonds. The second kappa shape index (κ2) is 8.44. The van der Waals surface area contributed by atoms with Crippen molar-refractivity contribution in [2.45, 2.75) is 6.54 Å². The summed E-state index contributed by atoms with van der Waals surface area (Å²) in [5, 5.41) is 8.34. The molecule has 0 unspecified atom stereocenters. The maximum atomic E-state index is 13.0. The van der Waals surface area contributed by atoms with E-state index in [1.54, 1.807) is 19.5 Å². The summed E-state index contributed by atoms with van der Waals surface area (Å²) in [5.74, 6) is 0.544. The molecule has 3 aromatic carbocycles. The molecule has 5 nitrogen and oxygen atoms in total. The second-order valence-electron chi connectivity index (χ2n) is 6.61. The molecular weight excluding hydrogens is 362 g/mol. The molecule has 5 heteroatoms. The normalized spacial score (nSPS) is 10.5. The van der Waals surface area contributed by atoms with Crippen molar-refractivity contribution in [3.8, 4) is 5.75 Å². The third kappa shape index (κ3) is 4.19. The molecule has 0 atom stereocenters. The number of para-hydroxylation sites is 1. The van der Waals surface area contributed by atoms with E-state index in [0.717, 1.165) is 27.8 Å². The summed E-state index contributed by atoms with van der Waals surface area (Å²) in [7, 11) is 1.63. The van der Waals surface area contributed by atoms with E-state index in [4.69, 9.17) is 4.74 Å². The first kappa shape index (κ1) is 18.5. The van der Waals surface area contributed by atoms with Crippen LogP contribution in [0.2, 0.25) is 0 Å². The average Bonchev–Trinajstić information content (AvgIpc) is 2.78. The molecule has 1 heterocycles. The molecule has 0 aliphatic heterocycles. The first-order chi connectivity index (χ1) is 14.2. The van der Waals surface area contributed by atoms with Gasteiger partial charge in [-0.1, -0.05) is 36.4 Å². The molecule has 0 saturated carbocycles. The van der Waals surface area contributed by atoms with Gasteiger partial charge in [-0.15, -0.1) is 0 Å². The third-order valence-corrected chi connectivity index (χ3v) is 4.71. The molecule has 0 aliphatic carbocycles. The van der Waals surface area contributed by atoms with Crippen LogP contribution in [0.25, 0.3) is 10.8 Å². The Hall–Kier alpha value is -3.86. The highest BCUT2D eigenvalue weighted by molar-refractivity contribution is 6.09.